The third kappa shape index (κ3) is 2.76. The van der Waals surface area contributed by atoms with Gasteiger partial charge >= 0.3 is 0 Å². The van der Waals surface area contributed by atoms with Crippen LogP contribution in [0.3, 0.4) is 0 Å². The molecule has 4 aromatic rings. The van der Waals surface area contributed by atoms with E-state index in [1.807, 2.05) is 68.4 Å². The Balaban J connectivity index is 2.02. The number of rotatable bonds is 3. The van der Waals surface area contributed by atoms with E-state index in [4.69, 9.17) is 0 Å². The molecule has 124 valence electrons. The zero-order valence-corrected chi connectivity index (χ0v) is 14.2. The molecule has 0 bridgehead atoms. The van der Waals surface area contributed by atoms with Crippen molar-refractivity contribution in [3.05, 3.63) is 66.4 Å². The maximum Gasteiger partial charge on any atom is 0.270 e. The summed E-state index contributed by atoms with van der Waals surface area (Å²) in [6, 6.07) is 20.0. The van der Waals surface area contributed by atoms with Gasteiger partial charge in [0.1, 0.15) is 5.69 Å². The van der Waals surface area contributed by atoms with Gasteiger partial charge in [-0.15, -0.1) is 0 Å². The van der Waals surface area contributed by atoms with Crippen LogP contribution in [0, 0.1) is 0 Å². The minimum Gasteiger partial charge on any atom is -0.353 e. The number of pyridine rings is 1. The molecule has 0 unspecified atom stereocenters. The summed E-state index contributed by atoms with van der Waals surface area (Å²) in [6.45, 7) is 3.89. The first-order chi connectivity index (χ1) is 12.1. The fraction of sp³-hybridized carbons (Fsp3) is 0.143. The highest BCUT2D eigenvalue weighted by Gasteiger charge is 2.17. The number of hydrogen-bond donors (Lipinski definition) is 2. The van der Waals surface area contributed by atoms with Crippen molar-refractivity contribution in [1.29, 1.82) is 0 Å². The molecule has 4 nitrogen and oxygen atoms in total. The van der Waals surface area contributed by atoms with Gasteiger partial charge in [0.15, 0.2) is 0 Å². The van der Waals surface area contributed by atoms with Crippen LogP contribution in [0.15, 0.2) is 60.7 Å². The molecule has 0 aliphatic heterocycles. The average Bonchev–Trinajstić information content (AvgIpc) is 3.00. The van der Waals surface area contributed by atoms with Gasteiger partial charge in [-0.25, -0.2) is 4.98 Å². The first-order valence-corrected chi connectivity index (χ1v) is 8.41. The van der Waals surface area contributed by atoms with Crippen LogP contribution >= 0.6 is 0 Å². The van der Waals surface area contributed by atoms with E-state index in [2.05, 4.69) is 21.4 Å². The first kappa shape index (κ1) is 15.4. The molecule has 4 rings (SSSR count). The number of para-hydroxylation sites is 1. The Kier molecular flexibility index (Phi) is 3.73. The monoisotopic (exact) mass is 329 g/mol. The second-order valence-corrected chi connectivity index (χ2v) is 6.44. The lowest BCUT2D eigenvalue weighted by Crippen LogP contribution is -2.30. The molecule has 2 N–H and O–H groups in total. The van der Waals surface area contributed by atoms with Gasteiger partial charge in [-0.1, -0.05) is 48.5 Å². The van der Waals surface area contributed by atoms with Crippen molar-refractivity contribution in [2.24, 2.45) is 0 Å². The number of nitrogens with zero attached hydrogens (tertiary/aromatic N) is 1. The Hall–Kier alpha value is -3.14. The smallest absolute Gasteiger partial charge is 0.270 e. The van der Waals surface area contributed by atoms with Crippen molar-refractivity contribution < 1.29 is 4.79 Å². The molecule has 0 spiro atoms. The topological polar surface area (TPSA) is 57.8 Å². The average molecular weight is 329 g/mol. The van der Waals surface area contributed by atoms with Gasteiger partial charge in [-0.3, -0.25) is 4.79 Å². The second-order valence-electron chi connectivity index (χ2n) is 6.44. The van der Waals surface area contributed by atoms with Gasteiger partial charge in [0.2, 0.25) is 0 Å². The van der Waals surface area contributed by atoms with Crippen LogP contribution in [0.25, 0.3) is 33.1 Å². The summed E-state index contributed by atoms with van der Waals surface area (Å²) in [5, 5.41) is 5.04. The summed E-state index contributed by atoms with van der Waals surface area (Å²) in [4.78, 5) is 20.7. The van der Waals surface area contributed by atoms with Gasteiger partial charge in [0.25, 0.3) is 5.91 Å². The highest BCUT2D eigenvalue weighted by atomic mass is 16.1. The zero-order chi connectivity index (χ0) is 17.4. The van der Waals surface area contributed by atoms with E-state index >= 15 is 0 Å². The SMILES string of the molecule is CC(C)NC(=O)c1cc2c([nH]c3ccccc32)c(-c2ccccc2)n1. The molecule has 0 aliphatic rings. The van der Waals surface area contributed by atoms with Crippen molar-refractivity contribution in [3.8, 4) is 11.3 Å². The molecule has 1 amide bonds. The first-order valence-electron chi connectivity index (χ1n) is 8.41. The maximum absolute atomic E-state index is 12.6. The summed E-state index contributed by atoms with van der Waals surface area (Å²) in [5.74, 6) is -0.153. The summed E-state index contributed by atoms with van der Waals surface area (Å²) in [7, 11) is 0. The molecule has 2 aromatic carbocycles. The van der Waals surface area contributed by atoms with Gasteiger partial charge in [0.05, 0.1) is 11.2 Å². The molecule has 0 saturated carbocycles. The van der Waals surface area contributed by atoms with Crippen LogP contribution in [0.1, 0.15) is 24.3 Å². The summed E-state index contributed by atoms with van der Waals surface area (Å²) >= 11 is 0. The number of benzene rings is 2. The number of nitrogens with one attached hydrogen (secondary N) is 2. The minimum absolute atomic E-state index is 0.0631. The molecule has 4 heteroatoms. The second kappa shape index (κ2) is 6.06. The van der Waals surface area contributed by atoms with E-state index in [0.717, 1.165) is 33.1 Å². The van der Waals surface area contributed by atoms with E-state index in [1.54, 1.807) is 0 Å². The molecule has 0 aliphatic carbocycles. The van der Waals surface area contributed by atoms with Crippen molar-refractivity contribution in [2.45, 2.75) is 19.9 Å². The Morgan fingerprint density at radius 3 is 2.48 bits per heavy atom. The number of carbonyl (C=O) groups excluding carboxylic acids is 1. The number of amides is 1. The Bertz CT molecular complexity index is 1060. The molecule has 0 fully saturated rings. The van der Waals surface area contributed by atoms with Crippen LogP contribution in [0.2, 0.25) is 0 Å². The Labute approximate surface area is 145 Å². The van der Waals surface area contributed by atoms with Crippen molar-refractivity contribution in [2.75, 3.05) is 0 Å². The summed E-state index contributed by atoms with van der Waals surface area (Å²) < 4.78 is 0. The van der Waals surface area contributed by atoms with Crippen molar-refractivity contribution in [1.82, 2.24) is 15.3 Å². The lowest BCUT2D eigenvalue weighted by atomic mass is 10.1. The van der Waals surface area contributed by atoms with Crippen molar-refractivity contribution in [3.63, 3.8) is 0 Å². The van der Waals surface area contributed by atoms with E-state index in [1.165, 1.54) is 0 Å². The molecule has 2 heterocycles. The fourth-order valence-electron chi connectivity index (χ4n) is 3.10. The number of hydrogen-bond acceptors (Lipinski definition) is 2. The minimum atomic E-state index is -0.153. The van der Waals surface area contributed by atoms with E-state index in [-0.39, 0.29) is 11.9 Å². The number of fused-ring (bicyclic) bond motifs is 3. The van der Waals surface area contributed by atoms with Gasteiger partial charge in [0, 0.05) is 27.9 Å². The zero-order valence-electron chi connectivity index (χ0n) is 14.2. The maximum atomic E-state index is 12.6. The number of carbonyl (C=O) groups is 1. The fourth-order valence-corrected chi connectivity index (χ4v) is 3.10. The molecular weight excluding hydrogens is 310 g/mol. The molecule has 0 atom stereocenters. The van der Waals surface area contributed by atoms with Crippen LogP contribution in [0.4, 0.5) is 0 Å². The Morgan fingerprint density at radius 2 is 1.72 bits per heavy atom. The standard InChI is InChI=1S/C21H19N3O/c1-13(2)22-21(25)18-12-16-15-10-6-7-11-17(15)23-20(16)19(24-18)14-8-4-3-5-9-14/h3-13,23H,1-2H3,(H,22,25). The number of aromatic nitrogens is 2. The van der Waals surface area contributed by atoms with Gasteiger partial charge in [-0.05, 0) is 26.0 Å². The molecule has 0 saturated heterocycles. The van der Waals surface area contributed by atoms with Crippen molar-refractivity contribution >= 4 is 27.7 Å². The molecular formula is C21H19N3O. The van der Waals surface area contributed by atoms with Crippen LogP contribution in [-0.4, -0.2) is 21.9 Å². The largest absolute Gasteiger partial charge is 0.353 e. The molecule has 0 radical (unpaired) electrons. The molecule has 2 aromatic heterocycles. The van der Waals surface area contributed by atoms with E-state index in [0.29, 0.717) is 5.69 Å². The highest BCUT2D eigenvalue weighted by Crippen LogP contribution is 2.32. The van der Waals surface area contributed by atoms with E-state index in [9.17, 15) is 4.79 Å². The van der Waals surface area contributed by atoms with Gasteiger partial charge in [-0.2, -0.15) is 0 Å². The lowest BCUT2D eigenvalue weighted by molar-refractivity contribution is 0.0938. The normalized spacial score (nSPS) is 11.3. The number of aromatic amines is 1. The van der Waals surface area contributed by atoms with Crippen LogP contribution < -0.4 is 5.32 Å². The third-order valence-corrected chi connectivity index (χ3v) is 4.20. The van der Waals surface area contributed by atoms with Gasteiger partial charge < -0.3 is 10.3 Å². The molecule has 25 heavy (non-hydrogen) atoms. The highest BCUT2D eigenvalue weighted by molar-refractivity contribution is 6.13. The Morgan fingerprint density at radius 1 is 1.00 bits per heavy atom. The predicted molar refractivity (Wildman–Crippen MR) is 102 cm³/mol. The number of H-pyrrole nitrogens is 1. The quantitative estimate of drug-likeness (QED) is 0.580. The van der Waals surface area contributed by atoms with Crippen LogP contribution in [0.5, 0.6) is 0 Å². The third-order valence-electron chi connectivity index (χ3n) is 4.20. The summed E-state index contributed by atoms with van der Waals surface area (Å²) in [5.41, 5.74) is 4.21. The van der Waals surface area contributed by atoms with E-state index < -0.39 is 0 Å². The predicted octanol–water partition coefficient (Wildman–Crippen LogP) is 4.52. The van der Waals surface area contributed by atoms with Crippen LogP contribution in [-0.2, 0) is 0 Å². The lowest BCUT2D eigenvalue weighted by Gasteiger charge is -2.10. The summed E-state index contributed by atoms with van der Waals surface area (Å²) in [6.07, 6.45) is 0.